The molecule has 0 amide bonds. The molecular weight excluding hydrogens is 300 g/mol. The lowest BCUT2D eigenvalue weighted by Crippen LogP contribution is -2.18. The average Bonchev–Trinajstić information content (AvgIpc) is 3.17. The molecule has 0 atom stereocenters. The first kappa shape index (κ1) is 15.1. The molecule has 1 fully saturated rings. The summed E-state index contributed by atoms with van der Waals surface area (Å²) in [7, 11) is 0. The normalized spacial score (nSPS) is 20.2. The standard InChI is InChI=1S/C21H20O3/c22-20-8-3-1-2-4-11-24-21(23)13-18-16-10-9-14-6-5-7-15(14)17(16)12-19(18)20/h5-7,9-10,12H,1-4,8,11,13H2. The van der Waals surface area contributed by atoms with Gasteiger partial charge in [-0.2, -0.15) is 0 Å². The zero-order valence-corrected chi connectivity index (χ0v) is 13.6. The first-order valence-corrected chi connectivity index (χ1v) is 8.69. The van der Waals surface area contributed by atoms with Gasteiger partial charge < -0.3 is 4.74 Å². The number of ketones is 1. The van der Waals surface area contributed by atoms with Crippen LogP contribution in [0, 0.1) is 0 Å². The lowest BCUT2D eigenvalue weighted by Gasteiger charge is -2.11. The van der Waals surface area contributed by atoms with Crippen molar-refractivity contribution in [2.45, 2.75) is 38.5 Å². The zero-order valence-electron chi connectivity index (χ0n) is 13.6. The largest absolute Gasteiger partial charge is 0.465 e. The molecule has 3 heteroatoms. The van der Waals surface area contributed by atoms with Gasteiger partial charge in [0.1, 0.15) is 0 Å². The van der Waals surface area contributed by atoms with Gasteiger partial charge >= 0.3 is 5.97 Å². The van der Waals surface area contributed by atoms with E-state index in [1.807, 2.05) is 18.2 Å². The van der Waals surface area contributed by atoms with E-state index in [4.69, 9.17) is 4.74 Å². The number of allylic oxidation sites excluding steroid dienone is 2. The fourth-order valence-electron chi connectivity index (χ4n) is 3.72. The first-order chi connectivity index (χ1) is 11.7. The van der Waals surface area contributed by atoms with Crippen LogP contribution < -0.4 is 10.4 Å². The Morgan fingerprint density at radius 2 is 1.83 bits per heavy atom. The summed E-state index contributed by atoms with van der Waals surface area (Å²) in [6.45, 7) is 0.480. The lowest BCUT2D eigenvalue weighted by atomic mass is 9.97. The van der Waals surface area contributed by atoms with E-state index in [2.05, 4.69) is 18.2 Å². The van der Waals surface area contributed by atoms with Crippen molar-refractivity contribution in [1.29, 1.82) is 0 Å². The number of Topliss-reactive ketones (excluding diaryl/α,β-unsaturated/α-hetero) is 1. The molecule has 4 rings (SSSR count). The molecule has 1 aromatic rings. The number of ether oxygens (including phenoxy) is 1. The third-order valence-electron chi connectivity index (χ3n) is 4.98. The van der Waals surface area contributed by atoms with E-state index in [1.54, 1.807) is 0 Å². The number of cyclic esters (lactones) is 1. The predicted octanol–water partition coefficient (Wildman–Crippen LogP) is 2.51. The van der Waals surface area contributed by atoms with Gasteiger partial charge in [0.2, 0.25) is 0 Å². The van der Waals surface area contributed by atoms with Gasteiger partial charge in [-0.05, 0) is 46.1 Å². The minimum absolute atomic E-state index is 0.147. The molecule has 1 heterocycles. The van der Waals surface area contributed by atoms with Gasteiger partial charge in [-0.25, -0.2) is 0 Å². The number of esters is 1. The van der Waals surface area contributed by atoms with E-state index in [0.717, 1.165) is 47.6 Å². The van der Waals surface area contributed by atoms with E-state index in [9.17, 15) is 9.59 Å². The summed E-state index contributed by atoms with van der Waals surface area (Å²) in [6, 6.07) is 4.09. The minimum atomic E-state index is -0.236. The molecule has 0 unspecified atom stereocenters. The summed E-state index contributed by atoms with van der Waals surface area (Å²) >= 11 is 0. The molecule has 0 bridgehead atoms. The van der Waals surface area contributed by atoms with Crippen LogP contribution in [0.2, 0.25) is 0 Å². The number of carbonyl (C=O) groups is 2. The number of hydrogen-bond donors (Lipinski definition) is 0. The minimum Gasteiger partial charge on any atom is -0.465 e. The monoisotopic (exact) mass is 320 g/mol. The van der Waals surface area contributed by atoms with E-state index in [-0.39, 0.29) is 18.2 Å². The highest BCUT2D eigenvalue weighted by atomic mass is 16.5. The molecular formula is C21H20O3. The second-order valence-corrected chi connectivity index (χ2v) is 6.58. The van der Waals surface area contributed by atoms with Crippen LogP contribution in [0.5, 0.6) is 0 Å². The molecule has 24 heavy (non-hydrogen) atoms. The smallest absolute Gasteiger partial charge is 0.310 e. The van der Waals surface area contributed by atoms with Gasteiger partial charge in [0.05, 0.1) is 13.0 Å². The number of rotatable bonds is 0. The van der Waals surface area contributed by atoms with Gasteiger partial charge in [-0.3, -0.25) is 9.59 Å². The van der Waals surface area contributed by atoms with Crippen LogP contribution in [0.15, 0.2) is 23.8 Å². The van der Waals surface area contributed by atoms with Crippen molar-refractivity contribution in [2.75, 3.05) is 6.61 Å². The van der Waals surface area contributed by atoms with Gasteiger partial charge in [-0.15, -0.1) is 0 Å². The molecule has 1 aromatic carbocycles. The van der Waals surface area contributed by atoms with Crippen molar-refractivity contribution >= 4 is 35.6 Å². The topological polar surface area (TPSA) is 43.4 Å². The second kappa shape index (κ2) is 6.23. The number of hydrogen-bond acceptors (Lipinski definition) is 3. The Labute approximate surface area is 141 Å². The van der Waals surface area contributed by atoms with E-state index in [1.165, 1.54) is 5.22 Å². The quantitative estimate of drug-likeness (QED) is 0.690. The molecule has 0 spiro atoms. The van der Waals surface area contributed by atoms with Crippen LogP contribution >= 0.6 is 0 Å². The van der Waals surface area contributed by atoms with E-state index >= 15 is 0 Å². The van der Waals surface area contributed by atoms with Crippen LogP contribution in [0.4, 0.5) is 0 Å². The van der Waals surface area contributed by atoms with E-state index in [0.29, 0.717) is 18.6 Å². The number of carbonyl (C=O) groups excluding carboxylic acids is 2. The molecule has 3 aliphatic rings. The van der Waals surface area contributed by atoms with Crippen LogP contribution in [0.3, 0.4) is 0 Å². The molecule has 3 nitrogen and oxygen atoms in total. The van der Waals surface area contributed by atoms with Crippen molar-refractivity contribution in [3.63, 3.8) is 0 Å². The summed E-state index contributed by atoms with van der Waals surface area (Å²) < 4.78 is 5.35. The fourth-order valence-corrected chi connectivity index (χ4v) is 3.72. The molecule has 2 aliphatic carbocycles. The maximum atomic E-state index is 12.7. The highest BCUT2D eigenvalue weighted by Crippen LogP contribution is 2.28. The van der Waals surface area contributed by atoms with Crippen LogP contribution in [0.1, 0.15) is 49.7 Å². The Morgan fingerprint density at radius 1 is 0.958 bits per heavy atom. The van der Waals surface area contributed by atoms with Crippen molar-refractivity contribution in [3.05, 3.63) is 45.3 Å². The lowest BCUT2D eigenvalue weighted by molar-refractivity contribution is -0.142. The number of fused-ring (bicyclic) bond motifs is 4. The SMILES string of the molecule is O=C1CC2=c3ccc4c(c3C=C2C(=O)CCCCCCO1)C=CC=4. The van der Waals surface area contributed by atoms with E-state index < -0.39 is 0 Å². The Kier molecular flexibility index (Phi) is 3.93. The maximum absolute atomic E-state index is 12.7. The Bertz CT molecular complexity index is 900. The van der Waals surface area contributed by atoms with Crippen molar-refractivity contribution < 1.29 is 14.3 Å². The molecule has 122 valence electrons. The number of benzene rings is 1. The maximum Gasteiger partial charge on any atom is 0.310 e. The van der Waals surface area contributed by atoms with Crippen molar-refractivity contribution in [3.8, 4) is 0 Å². The second-order valence-electron chi connectivity index (χ2n) is 6.58. The van der Waals surface area contributed by atoms with Gasteiger partial charge in [0.15, 0.2) is 5.78 Å². The molecule has 1 aliphatic heterocycles. The Morgan fingerprint density at radius 3 is 2.75 bits per heavy atom. The highest BCUT2D eigenvalue weighted by molar-refractivity contribution is 6.15. The molecule has 0 aromatic heterocycles. The van der Waals surface area contributed by atoms with Crippen LogP contribution in [0.25, 0.3) is 23.8 Å². The highest BCUT2D eigenvalue weighted by Gasteiger charge is 2.25. The summed E-state index contributed by atoms with van der Waals surface area (Å²) in [5, 5.41) is 2.17. The van der Waals surface area contributed by atoms with Gasteiger partial charge in [0, 0.05) is 12.0 Å². The average molecular weight is 320 g/mol. The summed E-state index contributed by atoms with van der Waals surface area (Å²) in [4.78, 5) is 24.9. The van der Waals surface area contributed by atoms with Crippen LogP contribution in [-0.2, 0) is 14.3 Å². The first-order valence-electron chi connectivity index (χ1n) is 8.69. The Hall–Kier alpha value is -2.42. The Balaban J connectivity index is 1.82. The third-order valence-corrected chi connectivity index (χ3v) is 4.98. The summed E-state index contributed by atoms with van der Waals surface area (Å²) in [5.74, 6) is -0.0889. The van der Waals surface area contributed by atoms with Gasteiger partial charge in [0.25, 0.3) is 0 Å². The summed E-state index contributed by atoms with van der Waals surface area (Å²) in [5.41, 5.74) is 3.75. The predicted molar refractivity (Wildman–Crippen MR) is 94.2 cm³/mol. The molecule has 0 N–H and O–H groups in total. The molecule has 1 saturated heterocycles. The molecule has 0 radical (unpaired) electrons. The van der Waals surface area contributed by atoms with Crippen molar-refractivity contribution in [1.82, 2.24) is 0 Å². The fraction of sp³-hybridized carbons (Fsp3) is 0.333. The van der Waals surface area contributed by atoms with Crippen LogP contribution in [-0.4, -0.2) is 18.4 Å². The third kappa shape index (κ3) is 2.64. The van der Waals surface area contributed by atoms with Crippen molar-refractivity contribution in [2.24, 2.45) is 0 Å². The van der Waals surface area contributed by atoms with Gasteiger partial charge in [-0.1, -0.05) is 43.2 Å². The molecule has 0 saturated carbocycles. The zero-order chi connectivity index (χ0) is 16.5. The summed E-state index contributed by atoms with van der Waals surface area (Å²) in [6.07, 6.45) is 12.7.